The minimum Gasteiger partial charge on any atom is -0.504 e. The third kappa shape index (κ3) is 5.05. The number of aromatic hydroxyl groups is 1. The maximum Gasteiger partial charge on any atom is 0.170 e. The van der Waals surface area contributed by atoms with Crippen LogP contribution in [0.25, 0.3) is 22.0 Å². The number of carbonyl (C=O) groups is 1. The summed E-state index contributed by atoms with van der Waals surface area (Å²) in [5, 5.41) is 25.0. The van der Waals surface area contributed by atoms with Crippen molar-refractivity contribution < 1.29 is 19.4 Å². The van der Waals surface area contributed by atoms with Crippen LogP contribution in [0.5, 0.6) is 5.75 Å². The van der Waals surface area contributed by atoms with Crippen molar-refractivity contribution in [3.63, 3.8) is 0 Å². The van der Waals surface area contributed by atoms with Gasteiger partial charge in [-0.05, 0) is 88.0 Å². The van der Waals surface area contributed by atoms with Gasteiger partial charge in [0.1, 0.15) is 0 Å². The Morgan fingerprint density at radius 1 is 1.17 bits per heavy atom. The molecule has 2 aromatic carbocycles. The summed E-state index contributed by atoms with van der Waals surface area (Å²) in [4.78, 5) is 19.8. The Morgan fingerprint density at radius 3 is 2.53 bits per heavy atom. The molecule has 3 aromatic rings. The average molecular weight is 512 g/mol. The molecule has 5 rings (SSSR count). The Kier molecular flexibility index (Phi) is 6.66. The summed E-state index contributed by atoms with van der Waals surface area (Å²) in [6.45, 7) is 0.623. The molecule has 0 aliphatic heterocycles. The first-order chi connectivity index (χ1) is 17.1. The smallest absolute Gasteiger partial charge is 0.170 e. The first kappa shape index (κ1) is 24.9. The van der Waals surface area contributed by atoms with Crippen LogP contribution in [0.3, 0.4) is 0 Å². The summed E-state index contributed by atoms with van der Waals surface area (Å²) in [5.41, 5.74) is 2.56. The molecule has 2 aliphatic carbocycles. The lowest BCUT2D eigenvalue weighted by molar-refractivity contribution is -0.0183. The molecule has 1 heterocycles. The number of benzene rings is 2. The number of hydrogen-bond donors (Lipinski definition) is 3. The number of nitrogens with one attached hydrogen (secondary N) is 1. The van der Waals surface area contributed by atoms with Crippen LogP contribution in [0.2, 0.25) is 5.02 Å². The van der Waals surface area contributed by atoms with E-state index in [1.165, 1.54) is 12.1 Å². The normalized spacial score (nSPS) is 22.2. The highest BCUT2D eigenvalue weighted by Crippen LogP contribution is 2.40. The Balaban J connectivity index is 1.53. The third-order valence-corrected chi connectivity index (χ3v) is 7.60. The molecule has 0 unspecified atom stereocenters. The zero-order valence-corrected chi connectivity index (χ0v) is 21.3. The SMILES string of the molecule is CN(C)C[C@]1(O)CC[C@@H](Nc2c(C(=O)C3CC3)cnc3ccc(-c4cc(F)c(O)c(Cl)c4)cc23)CC1. The number of phenols is 1. The highest BCUT2D eigenvalue weighted by Gasteiger charge is 2.36. The molecule has 2 saturated carbocycles. The molecule has 0 radical (unpaired) electrons. The maximum absolute atomic E-state index is 14.2. The fraction of sp³-hybridized carbons (Fsp3) is 0.429. The molecule has 190 valence electrons. The number of nitrogens with zero attached hydrogens (tertiary/aromatic N) is 2. The van der Waals surface area contributed by atoms with Gasteiger partial charge in [0.15, 0.2) is 17.3 Å². The number of fused-ring (bicyclic) bond motifs is 1. The van der Waals surface area contributed by atoms with Crippen molar-refractivity contribution in [1.82, 2.24) is 9.88 Å². The van der Waals surface area contributed by atoms with Gasteiger partial charge in [0.25, 0.3) is 0 Å². The molecule has 0 bridgehead atoms. The predicted octanol–water partition coefficient (Wildman–Crippen LogP) is 5.64. The lowest BCUT2D eigenvalue weighted by atomic mass is 9.81. The van der Waals surface area contributed by atoms with Crippen molar-refractivity contribution in [2.24, 2.45) is 5.92 Å². The Bertz CT molecular complexity index is 1290. The van der Waals surface area contributed by atoms with Crippen molar-refractivity contribution in [2.75, 3.05) is 26.0 Å². The number of ketones is 1. The van der Waals surface area contributed by atoms with E-state index in [-0.39, 0.29) is 22.8 Å². The summed E-state index contributed by atoms with van der Waals surface area (Å²) >= 11 is 6.03. The number of anilines is 1. The number of hydrogen-bond acceptors (Lipinski definition) is 6. The van der Waals surface area contributed by atoms with Gasteiger partial charge in [-0.15, -0.1) is 0 Å². The van der Waals surface area contributed by atoms with Gasteiger partial charge in [0.05, 0.1) is 27.4 Å². The molecular weight excluding hydrogens is 481 g/mol. The zero-order chi connectivity index (χ0) is 25.6. The van der Waals surface area contributed by atoms with Crippen LogP contribution < -0.4 is 5.32 Å². The predicted molar refractivity (Wildman–Crippen MR) is 140 cm³/mol. The van der Waals surface area contributed by atoms with Gasteiger partial charge in [-0.3, -0.25) is 9.78 Å². The van der Waals surface area contributed by atoms with Crippen LogP contribution in [-0.4, -0.2) is 58.2 Å². The molecule has 0 amide bonds. The van der Waals surface area contributed by atoms with E-state index in [1.54, 1.807) is 6.20 Å². The van der Waals surface area contributed by atoms with Crippen LogP contribution in [0, 0.1) is 11.7 Å². The van der Waals surface area contributed by atoms with Crippen molar-refractivity contribution in [1.29, 1.82) is 0 Å². The van der Waals surface area contributed by atoms with Crippen LogP contribution >= 0.6 is 11.6 Å². The topological polar surface area (TPSA) is 85.7 Å². The molecule has 2 aliphatic rings. The second-order valence-corrected chi connectivity index (χ2v) is 11.0. The van der Waals surface area contributed by atoms with Crippen molar-refractivity contribution in [3.05, 3.63) is 52.9 Å². The number of phenolic OH excluding ortho intramolecular Hbond substituents is 1. The lowest BCUT2D eigenvalue weighted by Crippen LogP contribution is -2.45. The monoisotopic (exact) mass is 511 g/mol. The second-order valence-electron chi connectivity index (χ2n) is 10.6. The van der Waals surface area contributed by atoms with Gasteiger partial charge in [-0.2, -0.15) is 0 Å². The number of carbonyl (C=O) groups excluding carboxylic acids is 1. The Hall–Kier alpha value is -2.74. The highest BCUT2D eigenvalue weighted by atomic mass is 35.5. The Labute approximate surface area is 215 Å². The van der Waals surface area contributed by atoms with Crippen LogP contribution in [0.4, 0.5) is 10.1 Å². The number of aromatic nitrogens is 1. The molecule has 0 spiro atoms. The van der Waals surface area contributed by atoms with E-state index in [9.17, 15) is 19.4 Å². The molecule has 1 aromatic heterocycles. The molecule has 3 N–H and O–H groups in total. The highest BCUT2D eigenvalue weighted by molar-refractivity contribution is 6.32. The summed E-state index contributed by atoms with van der Waals surface area (Å²) in [6.07, 6.45) is 6.36. The quantitative estimate of drug-likeness (QED) is 0.356. The van der Waals surface area contributed by atoms with Gasteiger partial charge < -0.3 is 20.4 Å². The zero-order valence-electron chi connectivity index (χ0n) is 20.5. The summed E-state index contributed by atoms with van der Waals surface area (Å²) in [5.74, 6) is -1.24. The standard InChI is InChI=1S/C28H31ClFN3O3/c1-33(2)15-28(36)9-7-19(8-10-28)32-25-20-11-17(18-12-22(29)27(35)23(30)13-18)5-6-24(20)31-14-21(25)26(34)16-3-4-16/h5-6,11-14,16,19,35-36H,3-4,7-10,15H2,1-2H3,(H,31,32)/t19-,28+. The number of aliphatic hydroxyl groups is 1. The van der Waals surface area contributed by atoms with Gasteiger partial charge in [-0.25, -0.2) is 4.39 Å². The van der Waals surface area contributed by atoms with Crippen LogP contribution in [-0.2, 0) is 0 Å². The van der Waals surface area contributed by atoms with Gasteiger partial charge in [-0.1, -0.05) is 17.7 Å². The fourth-order valence-corrected chi connectivity index (χ4v) is 5.47. The van der Waals surface area contributed by atoms with E-state index >= 15 is 0 Å². The Morgan fingerprint density at radius 2 is 1.89 bits per heavy atom. The van der Waals surface area contributed by atoms with Crippen molar-refractivity contribution in [3.8, 4) is 16.9 Å². The minimum atomic E-state index is -0.792. The number of Topliss-reactive ketones (excluding diaryl/α,β-unsaturated/α-hetero) is 1. The summed E-state index contributed by atoms with van der Waals surface area (Å²) in [7, 11) is 3.93. The van der Waals surface area contributed by atoms with Gasteiger partial charge >= 0.3 is 0 Å². The average Bonchev–Trinajstić information content (AvgIpc) is 3.68. The lowest BCUT2D eigenvalue weighted by Gasteiger charge is -2.38. The van der Waals surface area contributed by atoms with E-state index in [0.29, 0.717) is 36.1 Å². The molecular formula is C28H31ClFN3O3. The molecule has 0 atom stereocenters. The maximum atomic E-state index is 14.2. The summed E-state index contributed by atoms with van der Waals surface area (Å²) < 4.78 is 14.2. The molecule has 36 heavy (non-hydrogen) atoms. The number of halogens is 2. The second kappa shape index (κ2) is 9.61. The first-order valence-corrected chi connectivity index (χ1v) is 12.8. The number of likely N-dealkylation sites (N-methyl/N-ethyl adjacent to an activating group) is 1. The third-order valence-electron chi connectivity index (χ3n) is 7.31. The van der Waals surface area contributed by atoms with E-state index in [0.717, 1.165) is 42.3 Å². The van der Waals surface area contributed by atoms with E-state index < -0.39 is 17.2 Å². The minimum absolute atomic E-state index is 0.0366. The van der Waals surface area contributed by atoms with Crippen molar-refractivity contribution in [2.45, 2.75) is 50.2 Å². The largest absolute Gasteiger partial charge is 0.504 e. The van der Waals surface area contributed by atoms with E-state index in [2.05, 4.69) is 10.3 Å². The van der Waals surface area contributed by atoms with E-state index in [4.69, 9.17) is 11.6 Å². The molecule has 2 fully saturated rings. The fourth-order valence-electron chi connectivity index (χ4n) is 5.26. The number of pyridine rings is 1. The van der Waals surface area contributed by atoms with E-state index in [1.807, 2.05) is 37.2 Å². The van der Waals surface area contributed by atoms with Crippen LogP contribution in [0.1, 0.15) is 48.9 Å². The molecule has 6 nitrogen and oxygen atoms in total. The van der Waals surface area contributed by atoms with Gasteiger partial charge in [0, 0.05) is 30.1 Å². The van der Waals surface area contributed by atoms with Crippen molar-refractivity contribution >= 4 is 34.0 Å². The molecule has 8 heteroatoms. The first-order valence-electron chi connectivity index (χ1n) is 12.4. The number of rotatable bonds is 7. The van der Waals surface area contributed by atoms with Crippen LogP contribution in [0.15, 0.2) is 36.5 Å². The van der Waals surface area contributed by atoms with Gasteiger partial charge in [0.2, 0.25) is 0 Å². The molecule has 0 saturated heterocycles. The summed E-state index contributed by atoms with van der Waals surface area (Å²) in [6, 6.07) is 8.43.